The minimum Gasteiger partial charge on any atom is -0.394 e. The van der Waals surface area contributed by atoms with E-state index in [-0.39, 0.29) is 0 Å². The van der Waals surface area contributed by atoms with Gasteiger partial charge in [-0.2, -0.15) is 0 Å². The lowest BCUT2D eigenvalue weighted by Crippen LogP contribution is -2.53. The van der Waals surface area contributed by atoms with Crippen LogP contribution < -0.4 is 5.32 Å². The molecule has 0 aromatic heterocycles. The number of rotatable bonds is 51. The van der Waals surface area contributed by atoms with Crippen molar-refractivity contribution in [2.45, 2.75) is 327 Å². The molecule has 0 aromatic carbocycles. The Morgan fingerprint density at radius 2 is 0.656 bits per heavy atom. The summed E-state index contributed by atoms with van der Waals surface area (Å²) in [6, 6.07) is -0.981. The molecule has 0 aliphatic rings. The topological polar surface area (TPSA) is 110 Å². The van der Waals surface area contributed by atoms with Crippen molar-refractivity contribution in [1.82, 2.24) is 5.32 Å². The molecule has 4 atom stereocenters. The number of carbonyl (C=O) groups is 1. The molecule has 0 spiro atoms. The number of aliphatic hydroxyl groups is 4. The van der Waals surface area contributed by atoms with E-state index in [2.05, 4.69) is 31.3 Å². The van der Waals surface area contributed by atoms with Crippen molar-refractivity contribution in [2.24, 2.45) is 0 Å². The summed E-state index contributed by atoms with van der Waals surface area (Å²) >= 11 is 0. The minimum atomic E-state index is -1.25. The van der Waals surface area contributed by atoms with Crippen molar-refractivity contribution >= 4 is 5.91 Å². The zero-order valence-corrected chi connectivity index (χ0v) is 41.2. The molecular formula is C55H109NO5. The Morgan fingerprint density at radius 3 is 0.951 bits per heavy atom. The highest BCUT2D eigenvalue weighted by molar-refractivity contribution is 5.80. The number of aliphatic hydroxyl groups excluding tert-OH is 4. The van der Waals surface area contributed by atoms with Gasteiger partial charge in [0.2, 0.25) is 5.91 Å². The Labute approximate surface area is 381 Å². The smallest absolute Gasteiger partial charge is 0.249 e. The summed E-state index contributed by atoms with van der Waals surface area (Å²) in [6.07, 6.45) is 58.7. The van der Waals surface area contributed by atoms with Crippen LogP contribution in [0.5, 0.6) is 0 Å². The van der Waals surface area contributed by atoms with Crippen LogP contribution in [0.15, 0.2) is 12.2 Å². The summed E-state index contributed by atoms with van der Waals surface area (Å²) in [4.78, 5) is 12.5. The molecule has 0 saturated carbocycles. The van der Waals surface area contributed by atoms with E-state index in [1.165, 1.54) is 238 Å². The van der Waals surface area contributed by atoms with Gasteiger partial charge in [0.25, 0.3) is 0 Å². The Kier molecular flexibility index (Phi) is 49.3. The molecule has 0 heterocycles. The van der Waals surface area contributed by atoms with E-state index in [1.807, 2.05) is 0 Å². The highest BCUT2D eigenvalue weighted by atomic mass is 16.3. The molecule has 0 aliphatic heterocycles. The first-order valence-corrected chi connectivity index (χ1v) is 27.6. The lowest BCUT2D eigenvalue weighted by Gasteiger charge is -2.27. The molecule has 0 rings (SSSR count). The number of hydrogen-bond donors (Lipinski definition) is 5. The van der Waals surface area contributed by atoms with E-state index in [9.17, 15) is 25.2 Å². The summed E-state index contributed by atoms with van der Waals surface area (Å²) in [7, 11) is 0. The second kappa shape index (κ2) is 50.1. The molecule has 4 unspecified atom stereocenters. The zero-order chi connectivity index (χ0) is 44.5. The van der Waals surface area contributed by atoms with Gasteiger partial charge in [0, 0.05) is 0 Å². The Morgan fingerprint density at radius 1 is 0.393 bits per heavy atom. The van der Waals surface area contributed by atoms with Crippen LogP contribution in [0.25, 0.3) is 0 Å². The van der Waals surface area contributed by atoms with Gasteiger partial charge in [-0.05, 0) is 38.5 Å². The third-order valence-corrected chi connectivity index (χ3v) is 13.2. The van der Waals surface area contributed by atoms with Crippen molar-refractivity contribution in [1.29, 1.82) is 0 Å². The van der Waals surface area contributed by atoms with Crippen LogP contribution in [0, 0.1) is 0 Å². The predicted octanol–water partition coefficient (Wildman–Crippen LogP) is 15.7. The van der Waals surface area contributed by atoms with Gasteiger partial charge in [-0.1, -0.05) is 276 Å². The van der Waals surface area contributed by atoms with Crippen molar-refractivity contribution in [3.63, 3.8) is 0 Å². The van der Waals surface area contributed by atoms with E-state index in [4.69, 9.17) is 0 Å². The maximum atomic E-state index is 12.5. The molecule has 1 amide bonds. The molecule has 0 bridgehead atoms. The number of amides is 1. The predicted molar refractivity (Wildman–Crippen MR) is 265 cm³/mol. The largest absolute Gasteiger partial charge is 0.394 e. The average molecular weight is 864 g/mol. The van der Waals surface area contributed by atoms with Crippen LogP contribution in [0.2, 0.25) is 0 Å². The van der Waals surface area contributed by atoms with E-state index in [0.717, 1.165) is 38.5 Å². The monoisotopic (exact) mass is 864 g/mol. The summed E-state index contributed by atoms with van der Waals surface area (Å²) in [5, 5.41) is 43.7. The van der Waals surface area contributed by atoms with Crippen LogP contribution in [-0.2, 0) is 4.79 Å². The standard InChI is InChI=1S/C55H109NO5/c1-3-5-7-9-11-13-15-16-17-18-19-20-21-22-23-24-25-26-27-28-29-30-31-32-33-34-35-36-37-39-41-43-45-47-49-53(59)55(61)56-51(50-57)54(60)52(58)48-46-44-42-40-38-14-12-10-8-6-4-2/h24-25,51-54,57-60H,3-23,26-50H2,1-2H3,(H,56,61)/b25-24-. The average Bonchev–Trinajstić information content (AvgIpc) is 3.26. The van der Waals surface area contributed by atoms with Gasteiger partial charge in [-0.3, -0.25) is 4.79 Å². The third-order valence-electron chi connectivity index (χ3n) is 13.2. The minimum absolute atomic E-state index is 0.373. The van der Waals surface area contributed by atoms with Crippen LogP contribution >= 0.6 is 0 Å². The van der Waals surface area contributed by atoms with E-state index in [0.29, 0.717) is 12.8 Å². The normalized spacial score (nSPS) is 13.9. The lowest BCUT2D eigenvalue weighted by atomic mass is 9.99. The quantitative estimate of drug-likeness (QED) is 0.0309. The molecule has 0 aliphatic carbocycles. The number of nitrogens with one attached hydrogen (secondary N) is 1. The van der Waals surface area contributed by atoms with E-state index in [1.54, 1.807) is 0 Å². The first-order chi connectivity index (χ1) is 30.0. The van der Waals surface area contributed by atoms with Crippen molar-refractivity contribution in [3.8, 4) is 0 Å². The van der Waals surface area contributed by atoms with Crippen LogP contribution in [-0.4, -0.2) is 57.3 Å². The number of unbranched alkanes of at least 4 members (excludes halogenated alkanes) is 40. The summed E-state index contributed by atoms with van der Waals surface area (Å²) in [6.45, 7) is 4.06. The molecule has 6 nitrogen and oxygen atoms in total. The maximum Gasteiger partial charge on any atom is 0.249 e. The highest BCUT2D eigenvalue weighted by Crippen LogP contribution is 2.18. The molecule has 0 aromatic rings. The number of carbonyl (C=O) groups excluding carboxylic acids is 1. The third kappa shape index (κ3) is 44.1. The highest BCUT2D eigenvalue weighted by Gasteiger charge is 2.28. The van der Waals surface area contributed by atoms with Gasteiger partial charge in [0.1, 0.15) is 12.2 Å². The SMILES string of the molecule is CCCCCCCCCCCCCCCC/C=C\CCCCCCCCCCCCCCCCCCC(O)C(=O)NC(CO)C(O)C(O)CCCCCCCCCCCCC. The second-order valence-electron chi connectivity index (χ2n) is 19.3. The van der Waals surface area contributed by atoms with Crippen molar-refractivity contribution < 1.29 is 25.2 Å². The van der Waals surface area contributed by atoms with Gasteiger partial charge in [-0.25, -0.2) is 0 Å². The van der Waals surface area contributed by atoms with Crippen molar-refractivity contribution in [2.75, 3.05) is 6.61 Å². The van der Waals surface area contributed by atoms with Gasteiger partial charge < -0.3 is 25.7 Å². The zero-order valence-electron chi connectivity index (χ0n) is 41.2. The van der Waals surface area contributed by atoms with Crippen LogP contribution in [0.1, 0.15) is 303 Å². The Hall–Kier alpha value is -0.950. The fraction of sp³-hybridized carbons (Fsp3) is 0.945. The first kappa shape index (κ1) is 60.1. The van der Waals surface area contributed by atoms with Gasteiger partial charge in [-0.15, -0.1) is 0 Å². The van der Waals surface area contributed by atoms with Gasteiger partial charge >= 0.3 is 0 Å². The molecule has 364 valence electrons. The fourth-order valence-corrected chi connectivity index (χ4v) is 8.87. The first-order valence-electron chi connectivity index (χ1n) is 27.6. The van der Waals surface area contributed by atoms with Crippen LogP contribution in [0.4, 0.5) is 0 Å². The lowest BCUT2D eigenvalue weighted by molar-refractivity contribution is -0.132. The summed E-state index contributed by atoms with van der Waals surface area (Å²) < 4.78 is 0. The van der Waals surface area contributed by atoms with Gasteiger partial charge in [0.05, 0.1) is 18.8 Å². The van der Waals surface area contributed by atoms with Gasteiger partial charge in [0.15, 0.2) is 0 Å². The number of allylic oxidation sites excluding steroid dienone is 2. The Balaban J connectivity index is 3.51. The molecular weight excluding hydrogens is 755 g/mol. The summed E-state index contributed by atoms with van der Waals surface area (Å²) in [5.41, 5.74) is 0. The molecule has 5 N–H and O–H groups in total. The summed E-state index contributed by atoms with van der Waals surface area (Å²) in [5.74, 6) is -0.580. The van der Waals surface area contributed by atoms with E-state index < -0.39 is 36.9 Å². The molecule has 61 heavy (non-hydrogen) atoms. The fourth-order valence-electron chi connectivity index (χ4n) is 8.87. The second-order valence-corrected chi connectivity index (χ2v) is 19.3. The van der Waals surface area contributed by atoms with E-state index >= 15 is 0 Å². The Bertz CT molecular complexity index is 882. The molecule has 0 radical (unpaired) electrons. The molecule has 6 heteroatoms. The number of hydrogen-bond acceptors (Lipinski definition) is 5. The maximum absolute atomic E-state index is 12.5. The van der Waals surface area contributed by atoms with Crippen LogP contribution in [0.3, 0.4) is 0 Å². The van der Waals surface area contributed by atoms with Crippen molar-refractivity contribution in [3.05, 3.63) is 12.2 Å². The molecule has 0 saturated heterocycles. The molecule has 0 fully saturated rings.